The second kappa shape index (κ2) is 9.71. The molecule has 3 heteroatoms. The van der Waals surface area contributed by atoms with Crippen molar-refractivity contribution in [3.63, 3.8) is 0 Å². The molecule has 0 atom stereocenters. The van der Waals surface area contributed by atoms with Gasteiger partial charge in [0.15, 0.2) is 0 Å². The molecule has 0 radical (unpaired) electrons. The average Bonchev–Trinajstić information content (AvgIpc) is 3.34. The van der Waals surface area contributed by atoms with Crippen LogP contribution in [0.1, 0.15) is 20.8 Å². The molecule has 0 aliphatic carbocycles. The Kier molecular flexibility index (Phi) is 6.30. The number of hydrogen-bond acceptors (Lipinski definition) is 2. The highest BCUT2D eigenvalue weighted by Gasteiger charge is 2.23. The van der Waals surface area contributed by atoms with Crippen LogP contribution in [0, 0.1) is 0 Å². The minimum Gasteiger partial charge on any atom is -0.443 e. The summed E-state index contributed by atoms with van der Waals surface area (Å²) in [5, 5.41) is 0. The van der Waals surface area contributed by atoms with Gasteiger partial charge in [-0.2, -0.15) is 0 Å². The van der Waals surface area contributed by atoms with Crippen LogP contribution < -0.4 is 0 Å². The van der Waals surface area contributed by atoms with Crippen molar-refractivity contribution in [3.8, 4) is 44.8 Å². The zero-order chi connectivity index (χ0) is 25.1. The normalized spacial score (nSPS) is 11.3. The molecule has 0 N–H and O–H groups in total. The number of nitrogens with zero attached hydrogens (tertiary/aromatic N) is 1. The second-order valence-corrected chi connectivity index (χ2v) is 9.81. The topological polar surface area (TPSA) is 31.2 Å². The van der Waals surface area contributed by atoms with Crippen molar-refractivity contribution in [1.82, 2.24) is 4.57 Å². The van der Waals surface area contributed by atoms with Gasteiger partial charge in [0.1, 0.15) is 5.60 Å². The molecule has 0 spiro atoms. The third-order valence-electron chi connectivity index (χ3n) is 6.03. The number of carbonyl (C=O) groups excluding carboxylic acids is 1. The third-order valence-corrected chi connectivity index (χ3v) is 6.03. The molecule has 0 fully saturated rings. The van der Waals surface area contributed by atoms with Crippen LogP contribution in [0.2, 0.25) is 0 Å². The summed E-state index contributed by atoms with van der Waals surface area (Å²) in [6.45, 7) is 5.66. The van der Waals surface area contributed by atoms with Gasteiger partial charge < -0.3 is 4.74 Å². The maximum absolute atomic E-state index is 13.4. The van der Waals surface area contributed by atoms with Crippen molar-refractivity contribution < 1.29 is 9.53 Å². The van der Waals surface area contributed by atoms with Gasteiger partial charge in [-0.15, -0.1) is 0 Å². The molecule has 36 heavy (non-hydrogen) atoms. The number of carbonyl (C=O) groups is 1. The van der Waals surface area contributed by atoms with E-state index in [0.29, 0.717) is 0 Å². The van der Waals surface area contributed by atoms with Crippen LogP contribution in [0.3, 0.4) is 0 Å². The molecule has 0 bridgehead atoms. The first-order valence-electron chi connectivity index (χ1n) is 12.2. The summed E-state index contributed by atoms with van der Waals surface area (Å²) in [6.07, 6.45) is -0.392. The van der Waals surface area contributed by atoms with E-state index in [0.717, 1.165) is 44.8 Å². The zero-order valence-corrected chi connectivity index (χ0v) is 20.8. The van der Waals surface area contributed by atoms with Crippen molar-refractivity contribution in [2.24, 2.45) is 0 Å². The molecule has 0 amide bonds. The summed E-state index contributed by atoms with van der Waals surface area (Å²) < 4.78 is 7.50. The fraction of sp³-hybridized carbons (Fsp3) is 0.121. The van der Waals surface area contributed by atoms with E-state index < -0.39 is 11.7 Å². The maximum Gasteiger partial charge on any atom is 0.419 e. The first kappa shape index (κ1) is 23.4. The maximum atomic E-state index is 13.4. The first-order chi connectivity index (χ1) is 17.4. The van der Waals surface area contributed by atoms with Crippen molar-refractivity contribution in [3.05, 3.63) is 121 Å². The summed E-state index contributed by atoms with van der Waals surface area (Å²) in [7, 11) is 0. The Morgan fingerprint density at radius 3 is 1.19 bits per heavy atom. The van der Waals surface area contributed by atoms with Gasteiger partial charge in [0.25, 0.3) is 0 Å². The van der Waals surface area contributed by atoms with Crippen LogP contribution in [0.25, 0.3) is 44.8 Å². The number of ether oxygens (including phenoxy) is 1. The summed E-state index contributed by atoms with van der Waals surface area (Å²) in [4.78, 5) is 13.4. The average molecular weight is 472 g/mol. The minimum absolute atomic E-state index is 0.392. The van der Waals surface area contributed by atoms with Crippen molar-refractivity contribution >= 4 is 6.09 Å². The third kappa shape index (κ3) is 5.01. The molecule has 5 aromatic rings. The number of benzene rings is 4. The van der Waals surface area contributed by atoms with Gasteiger partial charge in [-0.1, -0.05) is 109 Å². The molecule has 0 unspecified atom stereocenters. The fourth-order valence-electron chi connectivity index (χ4n) is 4.32. The Morgan fingerprint density at radius 1 is 0.500 bits per heavy atom. The molecule has 178 valence electrons. The van der Waals surface area contributed by atoms with Crippen LogP contribution in [0.4, 0.5) is 4.79 Å². The molecule has 0 aliphatic rings. The van der Waals surface area contributed by atoms with Gasteiger partial charge in [0.2, 0.25) is 0 Å². The Labute approximate surface area is 212 Å². The Balaban J connectivity index is 1.54. The largest absolute Gasteiger partial charge is 0.443 e. The molecular formula is C33H29NO2. The number of rotatable bonds is 4. The SMILES string of the molecule is CC(C)(C)OC(=O)n1c(-c2ccc(-c3ccccc3)cc2)ccc1-c1ccc(-c2ccccc2)cc1. The van der Waals surface area contributed by atoms with Crippen molar-refractivity contribution in [2.45, 2.75) is 26.4 Å². The molecule has 5 rings (SSSR count). The Morgan fingerprint density at radius 2 is 0.833 bits per heavy atom. The van der Waals surface area contributed by atoms with Gasteiger partial charge in [-0.05, 0) is 66.3 Å². The van der Waals surface area contributed by atoms with Crippen LogP contribution in [0.15, 0.2) is 121 Å². The Hall–Kier alpha value is -4.37. The Bertz CT molecular complexity index is 1360. The van der Waals surface area contributed by atoms with Crippen molar-refractivity contribution in [2.75, 3.05) is 0 Å². The zero-order valence-electron chi connectivity index (χ0n) is 20.8. The predicted molar refractivity (Wildman–Crippen MR) is 148 cm³/mol. The lowest BCUT2D eigenvalue weighted by molar-refractivity contribution is 0.0543. The van der Waals surface area contributed by atoms with E-state index in [4.69, 9.17) is 4.74 Å². The summed E-state index contributed by atoms with van der Waals surface area (Å²) in [6, 6.07) is 41.1. The highest BCUT2D eigenvalue weighted by atomic mass is 16.6. The molecule has 1 heterocycles. The smallest absolute Gasteiger partial charge is 0.419 e. The van der Waals surface area contributed by atoms with Crippen LogP contribution in [-0.4, -0.2) is 16.3 Å². The lowest BCUT2D eigenvalue weighted by atomic mass is 10.0. The standard InChI is InChI=1S/C33H29NO2/c1-33(2,3)36-32(35)34-30(28-18-14-26(15-19-28)24-10-6-4-7-11-24)22-23-31(34)29-20-16-27(17-21-29)25-12-8-5-9-13-25/h4-23H,1-3H3. The highest BCUT2D eigenvalue weighted by Crippen LogP contribution is 2.32. The first-order valence-corrected chi connectivity index (χ1v) is 12.2. The summed E-state index contributed by atoms with van der Waals surface area (Å²) >= 11 is 0. The molecule has 4 aromatic carbocycles. The van der Waals surface area contributed by atoms with Crippen molar-refractivity contribution in [1.29, 1.82) is 0 Å². The van der Waals surface area contributed by atoms with E-state index in [2.05, 4.69) is 72.8 Å². The molecule has 3 nitrogen and oxygen atoms in total. The summed E-state index contributed by atoms with van der Waals surface area (Å²) in [5.74, 6) is 0. The van der Waals surface area contributed by atoms with E-state index in [1.807, 2.05) is 69.3 Å². The number of aromatic nitrogens is 1. The van der Waals surface area contributed by atoms with Crippen LogP contribution >= 0.6 is 0 Å². The van der Waals surface area contributed by atoms with Gasteiger partial charge in [0.05, 0.1) is 11.4 Å². The second-order valence-electron chi connectivity index (χ2n) is 9.81. The van der Waals surface area contributed by atoms with Crippen LogP contribution in [-0.2, 0) is 4.74 Å². The number of hydrogen-bond donors (Lipinski definition) is 0. The molecule has 0 saturated heterocycles. The quantitative estimate of drug-likeness (QED) is 0.262. The minimum atomic E-state index is -0.607. The van der Waals surface area contributed by atoms with Gasteiger partial charge in [0, 0.05) is 0 Å². The monoisotopic (exact) mass is 471 g/mol. The van der Waals surface area contributed by atoms with E-state index >= 15 is 0 Å². The van der Waals surface area contributed by atoms with E-state index in [-0.39, 0.29) is 0 Å². The lowest BCUT2D eigenvalue weighted by Crippen LogP contribution is -2.27. The molecular weight excluding hydrogens is 442 g/mol. The van der Waals surface area contributed by atoms with Gasteiger partial charge >= 0.3 is 6.09 Å². The van der Waals surface area contributed by atoms with Crippen LogP contribution in [0.5, 0.6) is 0 Å². The predicted octanol–water partition coefficient (Wildman–Crippen LogP) is 8.94. The summed E-state index contributed by atoms with van der Waals surface area (Å²) in [5.41, 5.74) is 7.47. The molecule has 1 aromatic heterocycles. The lowest BCUT2D eigenvalue weighted by Gasteiger charge is -2.22. The fourth-order valence-corrected chi connectivity index (χ4v) is 4.32. The highest BCUT2D eigenvalue weighted by molar-refractivity contribution is 5.86. The van der Waals surface area contributed by atoms with E-state index in [1.54, 1.807) is 4.57 Å². The molecule has 0 saturated carbocycles. The van der Waals surface area contributed by atoms with E-state index in [1.165, 1.54) is 0 Å². The van der Waals surface area contributed by atoms with Gasteiger partial charge in [-0.3, -0.25) is 0 Å². The van der Waals surface area contributed by atoms with E-state index in [9.17, 15) is 4.79 Å². The molecule has 0 aliphatic heterocycles. The van der Waals surface area contributed by atoms with Gasteiger partial charge in [-0.25, -0.2) is 9.36 Å².